The predicted octanol–water partition coefficient (Wildman–Crippen LogP) is 2.22. The van der Waals surface area contributed by atoms with Gasteiger partial charge in [0.15, 0.2) is 5.13 Å². The topological polar surface area (TPSA) is 85.3 Å². The van der Waals surface area contributed by atoms with Gasteiger partial charge in [-0.2, -0.15) is 17.6 Å². The minimum atomic E-state index is -4.85. The Morgan fingerprint density at radius 3 is 2.62 bits per heavy atom. The van der Waals surface area contributed by atoms with Crippen LogP contribution in [0.2, 0.25) is 0 Å². The fourth-order valence-corrected chi connectivity index (χ4v) is 3.24. The number of rotatable bonds is 5. The largest absolute Gasteiger partial charge is 0.432 e. The highest BCUT2D eigenvalue weighted by atomic mass is 32.1. The lowest BCUT2D eigenvalue weighted by Gasteiger charge is -2.20. The maximum atomic E-state index is 13.5. The molecule has 1 aliphatic rings. The molecule has 0 spiro atoms. The first-order chi connectivity index (χ1) is 12.1. The SMILES string of the molecule is CN/C(=C\C(=N)C(F)(F)F)[C@H]1CN(C)C(=O)[C@@H]1C(=O)Nc1ccsc1F. The molecule has 0 radical (unpaired) electrons. The minimum Gasteiger partial charge on any atom is -0.391 e. The van der Waals surface area contributed by atoms with Crippen molar-refractivity contribution in [1.29, 1.82) is 5.41 Å². The molecule has 1 fully saturated rings. The summed E-state index contributed by atoms with van der Waals surface area (Å²) < 4.78 is 51.5. The molecule has 26 heavy (non-hydrogen) atoms. The number of alkyl halides is 3. The Labute approximate surface area is 150 Å². The second kappa shape index (κ2) is 7.44. The van der Waals surface area contributed by atoms with Crippen LogP contribution >= 0.6 is 11.3 Å². The molecule has 0 saturated carbocycles. The number of hydrogen-bond donors (Lipinski definition) is 3. The predicted molar refractivity (Wildman–Crippen MR) is 88.4 cm³/mol. The minimum absolute atomic E-state index is 0.0130. The molecule has 1 aliphatic heterocycles. The average Bonchev–Trinajstić information content (AvgIpc) is 3.07. The number of halogens is 4. The van der Waals surface area contributed by atoms with E-state index in [4.69, 9.17) is 5.41 Å². The van der Waals surface area contributed by atoms with Crippen molar-refractivity contribution < 1.29 is 27.2 Å². The second-order valence-electron chi connectivity index (χ2n) is 5.66. The molecule has 2 heterocycles. The zero-order valence-electron chi connectivity index (χ0n) is 13.8. The third-order valence-electron chi connectivity index (χ3n) is 3.97. The van der Waals surface area contributed by atoms with Crippen LogP contribution in [0.1, 0.15) is 0 Å². The van der Waals surface area contributed by atoms with Gasteiger partial charge in [-0.05, 0) is 17.5 Å². The average molecular weight is 392 g/mol. The molecule has 0 unspecified atom stereocenters. The van der Waals surface area contributed by atoms with E-state index in [1.54, 1.807) is 0 Å². The number of likely N-dealkylation sites (tertiary alicyclic amines) is 1. The van der Waals surface area contributed by atoms with Crippen molar-refractivity contribution in [2.45, 2.75) is 6.18 Å². The summed E-state index contributed by atoms with van der Waals surface area (Å²) in [6.45, 7) is -0.0130. The van der Waals surface area contributed by atoms with E-state index in [1.165, 1.54) is 30.4 Å². The summed E-state index contributed by atoms with van der Waals surface area (Å²) in [5.41, 5.74) is -1.78. The van der Waals surface area contributed by atoms with E-state index >= 15 is 0 Å². The van der Waals surface area contributed by atoms with Gasteiger partial charge >= 0.3 is 6.18 Å². The molecule has 1 saturated heterocycles. The monoisotopic (exact) mass is 392 g/mol. The molecular weight excluding hydrogens is 376 g/mol. The van der Waals surface area contributed by atoms with E-state index in [0.29, 0.717) is 6.08 Å². The van der Waals surface area contributed by atoms with Crippen LogP contribution in [0.5, 0.6) is 0 Å². The van der Waals surface area contributed by atoms with Gasteiger partial charge in [-0.25, -0.2) is 0 Å². The molecular formula is C15H16F4N4O2S. The lowest BCUT2D eigenvalue weighted by atomic mass is 9.90. The summed E-state index contributed by atoms with van der Waals surface area (Å²) in [6.07, 6.45) is -4.29. The van der Waals surface area contributed by atoms with Crippen LogP contribution in [0.25, 0.3) is 0 Å². The van der Waals surface area contributed by atoms with Gasteiger partial charge in [-0.15, -0.1) is 11.3 Å². The zero-order valence-corrected chi connectivity index (χ0v) is 14.6. The van der Waals surface area contributed by atoms with Crippen LogP contribution in [0.3, 0.4) is 0 Å². The Kier molecular flexibility index (Phi) is 5.69. The van der Waals surface area contributed by atoms with Crippen LogP contribution in [0.15, 0.2) is 23.2 Å². The van der Waals surface area contributed by atoms with Gasteiger partial charge in [0.1, 0.15) is 11.6 Å². The number of anilines is 1. The lowest BCUT2D eigenvalue weighted by molar-refractivity contribution is -0.135. The van der Waals surface area contributed by atoms with Gasteiger partial charge in [-0.3, -0.25) is 15.0 Å². The van der Waals surface area contributed by atoms with Gasteiger partial charge in [-0.1, -0.05) is 0 Å². The molecule has 0 aromatic carbocycles. The Balaban J connectivity index is 2.31. The Morgan fingerprint density at radius 1 is 1.46 bits per heavy atom. The standard InChI is InChI=1S/C15H16F4N4O2S/c1-21-9(5-10(20)15(17,18)19)7-6-23(2)14(25)11(7)13(24)22-8-3-4-26-12(8)16/h3-5,7,11,20-21H,6H2,1-2H3,(H,22,24)/b9-5-,20-10?/t7-,11+/m1/s1. The van der Waals surface area contributed by atoms with Crippen LogP contribution in [-0.2, 0) is 9.59 Å². The Hall–Kier alpha value is -2.43. The number of carbonyl (C=O) groups excluding carboxylic acids is 2. The van der Waals surface area contributed by atoms with Crippen molar-refractivity contribution in [1.82, 2.24) is 10.2 Å². The number of thiophene rings is 1. The molecule has 1 aromatic rings. The first-order valence-electron chi connectivity index (χ1n) is 7.40. The molecule has 2 atom stereocenters. The number of hydrogen-bond acceptors (Lipinski definition) is 5. The van der Waals surface area contributed by atoms with Gasteiger partial charge in [0.25, 0.3) is 0 Å². The number of allylic oxidation sites excluding steroid dienone is 1. The summed E-state index contributed by atoms with van der Waals surface area (Å²) >= 11 is 0.759. The van der Waals surface area contributed by atoms with Crippen LogP contribution in [0.4, 0.5) is 23.2 Å². The first kappa shape index (κ1) is 19.9. The zero-order chi connectivity index (χ0) is 19.6. The van der Waals surface area contributed by atoms with E-state index in [0.717, 1.165) is 11.3 Å². The van der Waals surface area contributed by atoms with Crippen molar-refractivity contribution in [3.05, 3.63) is 28.4 Å². The summed E-state index contributed by atoms with van der Waals surface area (Å²) in [5, 5.41) is 12.7. The van der Waals surface area contributed by atoms with E-state index in [2.05, 4.69) is 10.6 Å². The second-order valence-corrected chi connectivity index (χ2v) is 6.53. The highest BCUT2D eigenvalue weighted by Crippen LogP contribution is 2.31. The Bertz CT molecular complexity index is 759. The maximum absolute atomic E-state index is 13.5. The van der Waals surface area contributed by atoms with Crippen LogP contribution < -0.4 is 10.6 Å². The normalized spacial score (nSPS) is 21.1. The number of nitrogens with zero attached hydrogens (tertiary/aromatic N) is 1. The number of carbonyl (C=O) groups is 2. The smallest absolute Gasteiger partial charge is 0.391 e. The van der Waals surface area contributed by atoms with Crippen molar-refractivity contribution >= 4 is 34.6 Å². The van der Waals surface area contributed by atoms with E-state index in [1.807, 2.05) is 0 Å². The van der Waals surface area contributed by atoms with Gasteiger partial charge in [0.2, 0.25) is 11.8 Å². The van der Waals surface area contributed by atoms with E-state index in [9.17, 15) is 27.2 Å². The summed E-state index contributed by atoms with van der Waals surface area (Å²) in [5.74, 6) is -3.68. The van der Waals surface area contributed by atoms with Gasteiger partial charge in [0.05, 0.1) is 5.69 Å². The maximum Gasteiger partial charge on any atom is 0.432 e. The van der Waals surface area contributed by atoms with Crippen molar-refractivity contribution in [2.24, 2.45) is 11.8 Å². The molecule has 1 aromatic heterocycles. The van der Waals surface area contributed by atoms with E-state index in [-0.39, 0.29) is 17.9 Å². The summed E-state index contributed by atoms with van der Waals surface area (Å²) in [6, 6.07) is 1.32. The number of amides is 2. The fourth-order valence-electron chi connectivity index (χ4n) is 2.67. The van der Waals surface area contributed by atoms with Crippen molar-refractivity contribution in [2.75, 3.05) is 26.0 Å². The molecule has 6 nitrogen and oxygen atoms in total. The fraction of sp³-hybridized carbons (Fsp3) is 0.400. The molecule has 142 valence electrons. The highest BCUT2D eigenvalue weighted by molar-refractivity contribution is 7.08. The molecule has 0 bridgehead atoms. The summed E-state index contributed by atoms with van der Waals surface area (Å²) in [7, 11) is 2.75. The Morgan fingerprint density at radius 2 is 2.12 bits per heavy atom. The third kappa shape index (κ3) is 4.03. The molecule has 11 heteroatoms. The molecule has 2 rings (SSSR count). The third-order valence-corrected chi connectivity index (χ3v) is 4.67. The van der Waals surface area contributed by atoms with Gasteiger partial charge in [0, 0.05) is 32.3 Å². The van der Waals surface area contributed by atoms with Crippen molar-refractivity contribution in [3.63, 3.8) is 0 Å². The highest BCUT2D eigenvalue weighted by Gasteiger charge is 2.46. The van der Waals surface area contributed by atoms with E-state index < -0.39 is 40.7 Å². The number of nitrogens with one attached hydrogen (secondary N) is 3. The lowest BCUT2D eigenvalue weighted by Crippen LogP contribution is -2.36. The molecule has 0 aliphatic carbocycles. The quantitative estimate of drug-likeness (QED) is 0.408. The van der Waals surface area contributed by atoms with Crippen LogP contribution in [-0.4, -0.2) is 49.2 Å². The molecule has 2 amide bonds. The van der Waals surface area contributed by atoms with Crippen LogP contribution in [0, 0.1) is 22.4 Å². The summed E-state index contributed by atoms with van der Waals surface area (Å²) in [4.78, 5) is 26.0. The first-order valence-corrected chi connectivity index (χ1v) is 8.28. The van der Waals surface area contributed by atoms with Gasteiger partial charge < -0.3 is 15.5 Å². The van der Waals surface area contributed by atoms with Crippen molar-refractivity contribution in [3.8, 4) is 0 Å². The molecule has 3 N–H and O–H groups in total.